The molecule has 3 nitrogen and oxygen atoms in total. The van der Waals surface area contributed by atoms with Crippen LogP contribution in [0.2, 0.25) is 0 Å². The molecule has 1 N–H and O–H groups in total. The first-order chi connectivity index (χ1) is 9.58. The van der Waals surface area contributed by atoms with E-state index in [0.717, 1.165) is 17.2 Å². The first kappa shape index (κ1) is 15.2. The second kappa shape index (κ2) is 6.97. The van der Waals surface area contributed by atoms with Gasteiger partial charge in [0.25, 0.3) is 0 Å². The van der Waals surface area contributed by atoms with E-state index in [4.69, 9.17) is 0 Å². The fraction of sp³-hybridized carbons (Fsp3) is 0.438. The van der Waals surface area contributed by atoms with E-state index in [1.165, 1.54) is 5.56 Å². The number of nitrogens with zero attached hydrogens (tertiary/aromatic N) is 2. The molecule has 0 fully saturated rings. The summed E-state index contributed by atoms with van der Waals surface area (Å²) in [6, 6.07) is 11.3. The molecule has 0 amide bonds. The summed E-state index contributed by atoms with van der Waals surface area (Å²) in [5.41, 5.74) is 2.48. The zero-order chi connectivity index (χ0) is 14.5. The van der Waals surface area contributed by atoms with Crippen LogP contribution in [0.3, 0.4) is 0 Å². The van der Waals surface area contributed by atoms with Crippen LogP contribution < -0.4 is 5.32 Å². The summed E-state index contributed by atoms with van der Waals surface area (Å²) in [7, 11) is 4.24. The van der Waals surface area contributed by atoms with Crippen molar-refractivity contribution in [3.8, 4) is 0 Å². The highest BCUT2D eigenvalue weighted by Gasteiger charge is 2.16. The van der Waals surface area contributed by atoms with Crippen molar-refractivity contribution >= 4 is 11.3 Å². The molecule has 2 aromatic rings. The predicted molar refractivity (Wildman–Crippen MR) is 86.1 cm³/mol. The third kappa shape index (κ3) is 3.88. The summed E-state index contributed by atoms with van der Waals surface area (Å²) < 4.78 is 0. The Morgan fingerprint density at radius 2 is 1.95 bits per heavy atom. The van der Waals surface area contributed by atoms with Crippen LogP contribution in [-0.2, 0) is 0 Å². The number of likely N-dealkylation sites (N-methyl/N-ethyl adjacent to an activating group) is 1. The molecule has 2 rings (SSSR count). The quantitative estimate of drug-likeness (QED) is 0.883. The Morgan fingerprint density at radius 3 is 2.50 bits per heavy atom. The van der Waals surface area contributed by atoms with Gasteiger partial charge in [-0.3, -0.25) is 0 Å². The van der Waals surface area contributed by atoms with Gasteiger partial charge in [0, 0.05) is 24.0 Å². The number of aromatic nitrogens is 1. The third-order valence-corrected chi connectivity index (χ3v) is 4.30. The molecule has 1 aromatic carbocycles. The van der Waals surface area contributed by atoms with E-state index in [1.807, 2.05) is 6.92 Å². The van der Waals surface area contributed by atoms with Gasteiger partial charge in [-0.25, -0.2) is 4.98 Å². The molecule has 2 atom stereocenters. The molecule has 0 spiro atoms. The highest BCUT2D eigenvalue weighted by atomic mass is 32.1. The molecule has 1 heterocycles. The second-order valence-electron chi connectivity index (χ2n) is 5.31. The summed E-state index contributed by atoms with van der Waals surface area (Å²) >= 11 is 1.71. The maximum atomic E-state index is 4.55. The topological polar surface area (TPSA) is 28.2 Å². The van der Waals surface area contributed by atoms with Gasteiger partial charge in [-0.05, 0) is 33.5 Å². The minimum atomic E-state index is 0.283. The summed E-state index contributed by atoms with van der Waals surface area (Å²) in [6.07, 6.45) is 0. The Morgan fingerprint density at radius 1 is 1.25 bits per heavy atom. The van der Waals surface area contributed by atoms with Gasteiger partial charge in [-0.1, -0.05) is 30.3 Å². The van der Waals surface area contributed by atoms with Gasteiger partial charge in [0.15, 0.2) is 0 Å². The van der Waals surface area contributed by atoms with Gasteiger partial charge in [0.2, 0.25) is 0 Å². The number of rotatable bonds is 6. The molecular weight excluding hydrogens is 266 g/mol. The average Bonchev–Trinajstić information content (AvgIpc) is 2.86. The molecule has 4 heteroatoms. The lowest BCUT2D eigenvalue weighted by atomic mass is 10.1. The van der Waals surface area contributed by atoms with Crippen LogP contribution in [0.4, 0.5) is 0 Å². The van der Waals surface area contributed by atoms with Crippen LogP contribution in [0.15, 0.2) is 35.7 Å². The number of thiazole rings is 1. The standard InChI is InChI=1S/C16H23N3S/c1-12(15-11-20-13(2)18-15)17-10-16(19(3)4)14-8-6-5-7-9-14/h5-9,11-12,16-17H,10H2,1-4H3. The molecule has 108 valence electrons. The van der Waals surface area contributed by atoms with Crippen molar-refractivity contribution in [1.82, 2.24) is 15.2 Å². The van der Waals surface area contributed by atoms with E-state index in [0.29, 0.717) is 6.04 Å². The maximum absolute atomic E-state index is 4.55. The van der Waals surface area contributed by atoms with Crippen molar-refractivity contribution in [2.24, 2.45) is 0 Å². The minimum Gasteiger partial charge on any atom is -0.307 e. The van der Waals surface area contributed by atoms with Gasteiger partial charge < -0.3 is 10.2 Å². The molecule has 20 heavy (non-hydrogen) atoms. The van der Waals surface area contributed by atoms with Gasteiger partial charge in [0.05, 0.1) is 10.7 Å². The fourth-order valence-electron chi connectivity index (χ4n) is 2.25. The van der Waals surface area contributed by atoms with Crippen molar-refractivity contribution in [3.63, 3.8) is 0 Å². The number of hydrogen-bond acceptors (Lipinski definition) is 4. The van der Waals surface area contributed by atoms with Crippen LogP contribution in [0, 0.1) is 6.92 Å². The smallest absolute Gasteiger partial charge is 0.0898 e. The molecule has 0 bridgehead atoms. The first-order valence-electron chi connectivity index (χ1n) is 6.94. The van der Waals surface area contributed by atoms with Crippen molar-refractivity contribution < 1.29 is 0 Å². The average molecular weight is 289 g/mol. The summed E-state index contributed by atoms with van der Waals surface area (Å²) in [5, 5.41) is 6.86. The van der Waals surface area contributed by atoms with Crippen molar-refractivity contribution in [2.45, 2.75) is 25.9 Å². The molecule has 0 saturated heterocycles. The van der Waals surface area contributed by atoms with Crippen LogP contribution in [-0.4, -0.2) is 30.5 Å². The lowest BCUT2D eigenvalue weighted by molar-refractivity contribution is 0.281. The molecule has 1 aromatic heterocycles. The third-order valence-electron chi connectivity index (χ3n) is 3.51. The zero-order valence-electron chi connectivity index (χ0n) is 12.6. The van der Waals surface area contributed by atoms with Crippen LogP contribution in [0.1, 0.15) is 35.3 Å². The number of hydrogen-bond donors (Lipinski definition) is 1. The molecule has 0 aliphatic carbocycles. The van der Waals surface area contributed by atoms with Crippen molar-refractivity contribution in [3.05, 3.63) is 52.0 Å². The molecule has 2 unspecified atom stereocenters. The summed E-state index contributed by atoms with van der Waals surface area (Å²) in [5.74, 6) is 0. The Kier molecular flexibility index (Phi) is 5.29. The Balaban J connectivity index is 1.99. The van der Waals surface area contributed by atoms with E-state index in [-0.39, 0.29) is 6.04 Å². The summed E-state index contributed by atoms with van der Waals surface area (Å²) in [4.78, 5) is 6.80. The molecule has 0 radical (unpaired) electrons. The monoisotopic (exact) mass is 289 g/mol. The van der Waals surface area contributed by atoms with E-state index in [1.54, 1.807) is 11.3 Å². The van der Waals surface area contributed by atoms with Crippen molar-refractivity contribution in [1.29, 1.82) is 0 Å². The fourth-order valence-corrected chi connectivity index (χ4v) is 2.95. The van der Waals surface area contributed by atoms with Gasteiger partial charge in [-0.15, -0.1) is 11.3 Å². The predicted octanol–water partition coefficient (Wildman–Crippen LogP) is 3.41. The Bertz CT molecular complexity index is 522. The van der Waals surface area contributed by atoms with E-state index >= 15 is 0 Å². The first-order valence-corrected chi connectivity index (χ1v) is 7.82. The van der Waals surface area contributed by atoms with E-state index in [9.17, 15) is 0 Å². The lowest BCUT2D eigenvalue weighted by Gasteiger charge is -2.26. The summed E-state index contributed by atoms with van der Waals surface area (Å²) in [6.45, 7) is 5.13. The molecular formula is C16H23N3S. The minimum absolute atomic E-state index is 0.283. The largest absolute Gasteiger partial charge is 0.307 e. The molecule has 0 saturated carbocycles. The Hall–Kier alpha value is -1.23. The van der Waals surface area contributed by atoms with Crippen LogP contribution in [0.5, 0.6) is 0 Å². The van der Waals surface area contributed by atoms with Gasteiger partial charge >= 0.3 is 0 Å². The van der Waals surface area contributed by atoms with E-state index in [2.05, 4.69) is 71.9 Å². The highest BCUT2D eigenvalue weighted by Crippen LogP contribution is 2.20. The number of benzene rings is 1. The van der Waals surface area contributed by atoms with Gasteiger partial charge in [0.1, 0.15) is 0 Å². The van der Waals surface area contributed by atoms with Crippen LogP contribution in [0.25, 0.3) is 0 Å². The SMILES string of the molecule is Cc1nc(C(C)NCC(c2ccccc2)N(C)C)cs1. The van der Waals surface area contributed by atoms with Gasteiger partial charge in [-0.2, -0.15) is 0 Å². The van der Waals surface area contributed by atoms with Crippen molar-refractivity contribution in [2.75, 3.05) is 20.6 Å². The lowest BCUT2D eigenvalue weighted by Crippen LogP contribution is -2.32. The van der Waals surface area contributed by atoms with Crippen LogP contribution >= 0.6 is 11.3 Å². The zero-order valence-corrected chi connectivity index (χ0v) is 13.4. The number of nitrogens with one attached hydrogen (secondary N) is 1. The Labute approximate surface area is 125 Å². The molecule has 0 aliphatic rings. The normalized spacial score (nSPS) is 14.4. The highest BCUT2D eigenvalue weighted by molar-refractivity contribution is 7.09. The molecule has 0 aliphatic heterocycles. The second-order valence-corrected chi connectivity index (χ2v) is 6.37. The maximum Gasteiger partial charge on any atom is 0.0898 e. The van der Waals surface area contributed by atoms with E-state index < -0.39 is 0 Å². The number of aryl methyl sites for hydroxylation is 1.